The van der Waals surface area contributed by atoms with E-state index >= 15 is 0 Å². The molecule has 2 saturated heterocycles. The monoisotopic (exact) mass is 266 g/mol. The van der Waals surface area contributed by atoms with Crippen molar-refractivity contribution < 1.29 is 19.8 Å². The van der Waals surface area contributed by atoms with E-state index in [4.69, 9.17) is 0 Å². The lowest BCUT2D eigenvalue weighted by Crippen LogP contribution is -2.61. The van der Waals surface area contributed by atoms with Crippen LogP contribution in [0.15, 0.2) is 11.3 Å². The molecule has 3 aliphatic rings. The van der Waals surface area contributed by atoms with Crippen molar-refractivity contribution in [1.82, 2.24) is 10.2 Å². The number of carboxylic acids is 1. The van der Waals surface area contributed by atoms with Gasteiger partial charge in [0.15, 0.2) is 0 Å². The molecule has 104 valence electrons. The first-order chi connectivity index (χ1) is 9.02. The molecule has 0 aromatic carbocycles. The summed E-state index contributed by atoms with van der Waals surface area (Å²) in [6, 6.07) is -0.158. The second-order valence-corrected chi connectivity index (χ2v) is 5.61. The van der Waals surface area contributed by atoms with Gasteiger partial charge in [-0.2, -0.15) is 0 Å². The third-order valence-electron chi connectivity index (χ3n) is 4.52. The lowest BCUT2D eigenvalue weighted by molar-refractivity contribution is -0.161. The summed E-state index contributed by atoms with van der Waals surface area (Å²) in [4.78, 5) is 24.8. The van der Waals surface area contributed by atoms with Crippen molar-refractivity contribution in [2.24, 2.45) is 11.8 Å². The van der Waals surface area contributed by atoms with Crippen LogP contribution in [0, 0.1) is 11.8 Å². The number of hydrogen-bond donors (Lipinski definition) is 3. The molecule has 0 aromatic heterocycles. The molecule has 6 heteroatoms. The maximum absolute atomic E-state index is 12.0. The van der Waals surface area contributed by atoms with Crippen molar-refractivity contribution in [3.63, 3.8) is 0 Å². The number of fused-ring (bicyclic) bond motifs is 1. The van der Waals surface area contributed by atoms with Crippen LogP contribution >= 0.6 is 0 Å². The molecule has 1 amide bonds. The number of nitrogens with zero attached hydrogens (tertiary/aromatic N) is 1. The zero-order chi connectivity index (χ0) is 13.7. The number of rotatable bonds is 3. The second-order valence-electron chi connectivity index (χ2n) is 5.61. The van der Waals surface area contributed by atoms with Gasteiger partial charge in [0, 0.05) is 6.54 Å². The highest BCUT2D eigenvalue weighted by atomic mass is 16.4. The van der Waals surface area contributed by atoms with Gasteiger partial charge in [-0.25, -0.2) is 4.79 Å². The van der Waals surface area contributed by atoms with Crippen molar-refractivity contribution in [2.45, 2.75) is 31.9 Å². The number of β-lactam (4-membered cyclic amide) rings is 1. The van der Waals surface area contributed by atoms with Gasteiger partial charge in [-0.15, -0.1) is 0 Å². The first-order valence-electron chi connectivity index (χ1n) is 6.70. The average Bonchev–Trinajstić information content (AvgIpc) is 2.92. The fourth-order valence-corrected chi connectivity index (χ4v) is 3.62. The SMILES string of the molecule is C[C@@H](O)[C@H]1C(=O)N2C(C(=O)O)=C([C@@H]3CCNC3)C[C@H]12. The van der Waals surface area contributed by atoms with Gasteiger partial charge < -0.3 is 20.4 Å². The van der Waals surface area contributed by atoms with Crippen LogP contribution in [-0.2, 0) is 9.59 Å². The van der Waals surface area contributed by atoms with Crippen LogP contribution in [0.1, 0.15) is 19.8 Å². The van der Waals surface area contributed by atoms with Crippen LogP contribution in [0.3, 0.4) is 0 Å². The molecule has 3 N–H and O–H groups in total. The van der Waals surface area contributed by atoms with Gasteiger partial charge in [0.25, 0.3) is 0 Å². The average molecular weight is 266 g/mol. The highest BCUT2D eigenvalue weighted by molar-refractivity contribution is 5.99. The van der Waals surface area contributed by atoms with E-state index in [9.17, 15) is 19.8 Å². The maximum Gasteiger partial charge on any atom is 0.352 e. The predicted molar refractivity (Wildman–Crippen MR) is 66.1 cm³/mol. The summed E-state index contributed by atoms with van der Waals surface area (Å²) in [5.41, 5.74) is 1.04. The normalized spacial score (nSPS) is 35.4. The first kappa shape index (κ1) is 12.6. The Bertz CT molecular complexity index is 465. The minimum Gasteiger partial charge on any atom is -0.477 e. The van der Waals surface area contributed by atoms with Crippen LogP contribution < -0.4 is 5.32 Å². The van der Waals surface area contributed by atoms with Crippen LogP contribution in [-0.4, -0.2) is 52.2 Å². The fraction of sp³-hybridized carbons (Fsp3) is 0.692. The summed E-state index contributed by atoms with van der Waals surface area (Å²) in [6.07, 6.45) is 0.792. The number of amides is 1. The zero-order valence-electron chi connectivity index (χ0n) is 10.8. The molecule has 6 nitrogen and oxygen atoms in total. The smallest absolute Gasteiger partial charge is 0.352 e. The highest BCUT2D eigenvalue weighted by Gasteiger charge is 2.57. The van der Waals surface area contributed by atoms with E-state index in [0.717, 1.165) is 25.1 Å². The van der Waals surface area contributed by atoms with Crippen LogP contribution in [0.2, 0.25) is 0 Å². The molecule has 0 spiro atoms. The van der Waals surface area contributed by atoms with Crippen LogP contribution in [0.5, 0.6) is 0 Å². The second kappa shape index (κ2) is 4.31. The summed E-state index contributed by atoms with van der Waals surface area (Å²) in [6.45, 7) is 3.26. The minimum absolute atomic E-state index is 0.158. The van der Waals surface area contributed by atoms with Gasteiger partial charge in [-0.1, -0.05) is 0 Å². The Hall–Kier alpha value is -1.40. The molecule has 0 saturated carbocycles. The van der Waals surface area contributed by atoms with E-state index in [1.165, 1.54) is 4.90 Å². The first-order valence-corrected chi connectivity index (χ1v) is 6.70. The van der Waals surface area contributed by atoms with Crippen molar-refractivity contribution in [1.29, 1.82) is 0 Å². The summed E-state index contributed by atoms with van der Waals surface area (Å²) >= 11 is 0. The summed E-state index contributed by atoms with van der Waals surface area (Å²) in [7, 11) is 0. The molecule has 0 aromatic rings. The fourth-order valence-electron chi connectivity index (χ4n) is 3.62. The number of aliphatic carboxylic acids is 1. The van der Waals surface area contributed by atoms with E-state index in [1.807, 2.05) is 0 Å². The van der Waals surface area contributed by atoms with E-state index in [0.29, 0.717) is 6.42 Å². The molecule has 2 fully saturated rings. The lowest BCUT2D eigenvalue weighted by Gasteiger charge is -2.44. The van der Waals surface area contributed by atoms with Gasteiger partial charge in [-0.3, -0.25) is 4.79 Å². The molecule has 3 heterocycles. The molecule has 0 unspecified atom stereocenters. The maximum atomic E-state index is 12.0. The van der Waals surface area contributed by atoms with Gasteiger partial charge >= 0.3 is 5.97 Å². The largest absolute Gasteiger partial charge is 0.477 e. The van der Waals surface area contributed by atoms with E-state index in [-0.39, 0.29) is 23.6 Å². The summed E-state index contributed by atoms with van der Waals surface area (Å²) in [5.74, 6) is -1.51. The van der Waals surface area contributed by atoms with Gasteiger partial charge in [0.2, 0.25) is 5.91 Å². The topological polar surface area (TPSA) is 89.9 Å². The third-order valence-corrected chi connectivity index (χ3v) is 4.52. The molecule has 0 aliphatic carbocycles. The lowest BCUT2D eigenvalue weighted by atomic mass is 9.82. The van der Waals surface area contributed by atoms with Crippen molar-refractivity contribution in [3.05, 3.63) is 11.3 Å². The Kier molecular flexibility index (Phi) is 2.87. The van der Waals surface area contributed by atoms with Crippen molar-refractivity contribution in [3.8, 4) is 0 Å². The Labute approximate surface area is 111 Å². The number of aliphatic hydroxyl groups excluding tert-OH is 1. The number of nitrogens with one attached hydrogen (secondary N) is 1. The number of carbonyl (C=O) groups is 2. The van der Waals surface area contributed by atoms with Gasteiger partial charge in [0.1, 0.15) is 5.70 Å². The van der Waals surface area contributed by atoms with E-state index in [1.54, 1.807) is 6.92 Å². The molecule has 4 atom stereocenters. The summed E-state index contributed by atoms with van der Waals surface area (Å²) < 4.78 is 0. The quantitative estimate of drug-likeness (QED) is 0.602. The number of carboxylic acid groups (broad SMARTS) is 1. The van der Waals surface area contributed by atoms with Gasteiger partial charge in [-0.05, 0) is 37.8 Å². The molecule has 0 radical (unpaired) electrons. The number of carbonyl (C=O) groups excluding carboxylic acids is 1. The van der Waals surface area contributed by atoms with Crippen molar-refractivity contribution >= 4 is 11.9 Å². The molecule has 3 aliphatic heterocycles. The predicted octanol–water partition coefficient (Wildman–Crippen LogP) is -0.454. The number of hydrogen-bond acceptors (Lipinski definition) is 4. The van der Waals surface area contributed by atoms with Gasteiger partial charge in [0.05, 0.1) is 18.1 Å². The van der Waals surface area contributed by atoms with E-state index in [2.05, 4.69) is 5.32 Å². The van der Waals surface area contributed by atoms with E-state index < -0.39 is 18.0 Å². The van der Waals surface area contributed by atoms with Crippen LogP contribution in [0.4, 0.5) is 0 Å². The number of aliphatic hydroxyl groups is 1. The van der Waals surface area contributed by atoms with Crippen molar-refractivity contribution in [2.75, 3.05) is 13.1 Å². The van der Waals surface area contributed by atoms with Crippen LogP contribution in [0.25, 0.3) is 0 Å². The zero-order valence-corrected chi connectivity index (χ0v) is 10.8. The molecular weight excluding hydrogens is 248 g/mol. The highest BCUT2D eigenvalue weighted by Crippen LogP contribution is 2.46. The standard InChI is InChI=1S/C13H18N2O4/c1-6(16)10-9-4-8(7-2-3-14-5-7)11(13(18)19)15(9)12(10)17/h6-7,9-10,14,16H,2-5H2,1H3,(H,18,19)/t6-,7-,9-,10-/m1/s1. The Morgan fingerprint density at radius 2 is 2.26 bits per heavy atom. The molecule has 3 rings (SSSR count). The minimum atomic E-state index is -1.03. The Morgan fingerprint density at radius 3 is 2.79 bits per heavy atom. The Balaban J connectivity index is 1.91. The molecular formula is C13H18N2O4. The molecule has 19 heavy (non-hydrogen) atoms. The third kappa shape index (κ3) is 1.70. The molecule has 0 bridgehead atoms. The Morgan fingerprint density at radius 1 is 1.53 bits per heavy atom. The summed E-state index contributed by atoms with van der Waals surface area (Å²) in [5, 5.41) is 22.2.